The molecule has 0 aromatic heterocycles. The standard InChI is InChI=1S/C34H39Cl2FN4O4S/c35-31-11-8-29(23-32(31)36)41(17-1-16-39-18-12-25(13-19-39)22-24-2-6-28(37)7-3-24)34(43)27-14-20-40(21-15-27)33(42)26-4-9-30(10-5-26)46(38,44)45/h2-11,23,25,27H,1,12-22H2,(H2,38,44,45). The Morgan fingerprint density at radius 1 is 0.870 bits per heavy atom. The van der Waals surface area contributed by atoms with Crippen molar-refractivity contribution in [2.24, 2.45) is 17.0 Å². The predicted molar refractivity (Wildman–Crippen MR) is 179 cm³/mol. The minimum atomic E-state index is -3.85. The summed E-state index contributed by atoms with van der Waals surface area (Å²) in [5.41, 5.74) is 2.24. The first kappa shape index (κ1) is 34.3. The largest absolute Gasteiger partial charge is 0.339 e. The van der Waals surface area contributed by atoms with Gasteiger partial charge in [-0.1, -0.05) is 35.3 Å². The van der Waals surface area contributed by atoms with Crippen LogP contribution >= 0.6 is 23.2 Å². The Balaban J connectivity index is 1.15. The maximum atomic E-state index is 13.9. The van der Waals surface area contributed by atoms with Gasteiger partial charge in [0.2, 0.25) is 15.9 Å². The normalized spacial score (nSPS) is 16.8. The van der Waals surface area contributed by atoms with E-state index in [4.69, 9.17) is 28.3 Å². The Hall–Kier alpha value is -3.02. The zero-order valence-corrected chi connectivity index (χ0v) is 27.9. The molecule has 2 amide bonds. The summed E-state index contributed by atoms with van der Waals surface area (Å²) in [6.45, 7) is 4.20. The van der Waals surface area contributed by atoms with Crippen LogP contribution in [0.5, 0.6) is 0 Å². The van der Waals surface area contributed by atoms with Crippen molar-refractivity contribution in [1.82, 2.24) is 9.80 Å². The summed E-state index contributed by atoms with van der Waals surface area (Å²) >= 11 is 12.5. The number of nitrogens with zero attached hydrogens (tertiary/aromatic N) is 3. The van der Waals surface area contributed by atoms with Crippen molar-refractivity contribution >= 4 is 50.7 Å². The number of hydrogen-bond acceptors (Lipinski definition) is 5. The number of carbonyl (C=O) groups excluding carboxylic acids is 2. The lowest BCUT2D eigenvalue weighted by Crippen LogP contribution is -2.45. The topological polar surface area (TPSA) is 104 Å². The molecule has 8 nitrogen and oxygen atoms in total. The van der Waals surface area contributed by atoms with Gasteiger partial charge >= 0.3 is 0 Å². The summed E-state index contributed by atoms with van der Waals surface area (Å²) in [6.07, 6.45) is 4.95. The van der Waals surface area contributed by atoms with Gasteiger partial charge in [-0.3, -0.25) is 9.59 Å². The summed E-state index contributed by atoms with van der Waals surface area (Å²) in [5, 5.41) is 5.97. The third-order valence-electron chi connectivity index (χ3n) is 9.04. The number of rotatable bonds is 10. The van der Waals surface area contributed by atoms with Crippen LogP contribution in [0.15, 0.2) is 71.6 Å². The highest BCUT2D eigenvalue weighted by molar-refractivity contribution is 7.89. The Bertz CT molecular complexity index is 1620. The van der Waals surface area contributed by atoms with E-state index in [-0.39, 0.29) is 28.4 Å². The van der Waals surface area contributed by atoms with Gasteiger partial charge in [-0.15, -0.1) is 0 Å². The molecular formula is C34H39Cl2FN4O4S. The number of sulfonamides is 1. The van der Waals surface area contributed by atoms with E-state index in [2.05, 4.69) is 4.90 Å². The van der Waals surface area contributed by atoms with Gasteiger partial charge in [0, 0.05) is 36.8 Å². The monoisotopic (exact) mass is 688 g/mol. The molecule has 3 aromatic carbocycles. The Kier molecular flexibility index (Phi) is 11.4. The minimum absolute atomic E-state index is 0.000925. The number of carbonyl (C=O) groups is 2. The number of benzene rings is 3. The molecule has 0 bridgehead atoms. The van der Waals surface area contributed by atoms with Gasteiger partial charge in [0.1, 0.15) is 5.82 Å². The van der Waals surface area contributed by atoms with Crippen LogP contribution in [0.1, 0.15) is 48.0 Å². The fraction of sp³-hybridized carbons (Fsp3) is 0.412. The van der Waals surface area contributed by atoms with Gasteiger partial charge in [0.25, 0.3) is 5.91 Å². The summed E-state index contributed by atoms with van der Waals surface area (Å²) < 4.78 is 36.4. The van der Waals surface area contributed by atoms with Gasteiger partial charge in [-0.05, 0) is 124 Å². The second-order valence-electron chi connectivity index (χ2n) is 12.2. The molecule has 0 radical (unpaired) electrons. The van der Waals surface area contributed by atoms with Crippen LogP contribution in [0.2, 0.25) is 10.0 Å². The van der Waals surface area contributed by atoms with Crippen molar-refractivity contribution < 1.29 is 22.4 Å². The number of halogens is 3. The number of likely N-dealkylation sites (tertiary alicyclic amines) is 2. The summed E-state index contributed by atoms with van der Waals surface area (Å²) in [5.74, 6) is -0.100. The third kappa shape index (κ3) is 8.86. The van der Waals surface area contributed by atoms with E-state index >= 15 is 0 Å². The molecule has 3 aromatic rings. The molecule has 2 saturated heterocycles. The maximum Gasteiger partial charge on any atom is 0.253 e. The van der Waals surface area contributed by atoms with Gasteiger partial charge in [0.05, 0.1) is 14.9 Å². The smallest absolute Gasteiger partial charge is 0.253 e. The molecule has 0 atom stereocenters. The first-order chi connectivity index (χ1) is 22.0. The zero-order valence-electron chi connectivity index (χ0n) is 25.6. The highest BCUT2D eigenvalue weighted by Gasteiger charge is 2.32. The second kappa shape index (κ2) is 15.3. The number of amides is 2. The van der Waals surface area contributed by atoms with Gasteiger partial charge in [0.15, 0.2) is 0 Å². The van der Waals surface area contributed by atoms with E-state index < -0.39 is 10.0 Å². The first-order valence-corrected chi connectivity index (χ1v) is 17.9. The third-order valence-corrected chi connectivity index (χ3v) is 10.7. The summed E-state index contributed by atoms with van der Waals surface area (Å²) in [7, 11) is -3.85. The van der Waals surface area contributed by atoms with Crippen LogP contribution < -0.4 is 10.0 Å². The number of hydrogen-bond donors (Lipinski definition) is 1. The molecule has 0 unspecified atom stereocenters. The highest BCUT2D eigenvalue weighted by atomic mass is 35.5. The van der Waals surface area contributed by atoms with E-state index in [0.29, 0.717) is 59.7 Å². The van der Waals surface area contributed by atoms with Gasteiger partial charge < -0.3 is 14.7 Å². The van der Waals surface area contributed by atoms with Crippen LogP contribution in [0.4, 0.5) is 10.1 Å². The fourth-order valence-corrected chi connectivity index (χ4v) is 7.17. The highest BCUT2D eigenvalue weighted by Crippen LogP contribution is 2.30. The first-order valence-electron chi connectivity index (χ1n) is 15.6. The number of primary sulfonamides is 1. The molecule has 5 rings (SSSR count). The average molecular weight is 690 g/mol. The van der Waals surface area contributed by atoms with Crippen LogP contribution in [0.3, 0.4) is 0 Å². The van der Waals surface area contributed by atoms with Crippen molar-refractivity contribution in [3.63, 3.8) is 0 Å². The maximum absolute atomic E-state index is 13.9. The molecule has 46 heavy (non-hydrogen) atoms. The quantitative estimate of drug-likeness (QED) is 0.281. The minimum Gasteiger partial charge on any atom is -0.339 e. The van der Waals surface area contributed by atoms with Crippen molar-refractivity contribution in [2.75, 3.05) is 44.2 Å². The number of piperidine rings is 2. The van der Waals surface area contributed by atoms with Crippen molar-refractivity contribution in [3.05, 3.63) is 93.7 Å². The van der Waals surface area contributed by atoms with Gasteiger partial charge in [-0.25, -0.2) is 17.9 Å². The van der Waals surface area contributed by atoms with E-state index in [9.17, 15) is 22.4 Å². The van der Waals surface area contributed by atoms with Crippen LogP contribution in [0, 0.1) is 17.7 Å². The number of nitrogens with two attached hydrogens (primary N) is 1. The molecule has 0 aliphatic carbocycles. The summed E-state index contributed by atoms with van der Waals surface area (Å²) in [4.78, 5) is 32.9. The van der Waals surface area contributed by atoms with E-state index in [1.165, 1.54) is 42.0 Å². The lowest BCUT2D eigenvalue weighted by atomic mass is 9.90. The molecule has 12 heteroatoms. The molecule has 0 saturated carbocycles. The van der Waals surface area contributed by atoms with Gasteiger partial charge in [-0.2, -0.15) is 0 Å². The molecule has 246 valence electrons. The Morgan fingerprint density at radius 2 is 1.52 bits per heavy atom. The van der Waals surface area contributed by atoms with Crippen LogP contribution in [0.25, 0.3) is 0 Å². The lowest BCUT2D eigenvalue weighted by Gasteiger charge is -2.35. The molecule has 0 spiro atoms. The predicted octanol–water partition coefficient (Wildman–Crippen LogP) is 6.01. The SMILES string of the molecule is NS(=O)(=O)c1ccc(C(=O)N2CCC(C(=O)N(CCCN3CCC(Cc4ccc(F)cc4)CC3)c3ccc(Cl)c(Cl)c3)CC2)cc1. The van der Waals surface area contributed by atoms with Crippen molar-refractivity contribution in [1.29, 1.82) is 0 Å². The summed E-state index contributed by atoms with van der Waals surface area (Å²) in [6, 6.07) is 17.6. The molecule has 2 heterocycles. The fourth-order valence-electron chi connectivity index (χ4n) is 6.36. The molecular weight excluding hydrogens is 650 g/mol. The zero-order chi connectivity index (χ0) is 32.8. The lowest BCUT2D eigenvalue weighted by molar-refractivity contribution is -0.123. The van der Waals surface area contributed by atoms with Crippen molar-refractivity contribution in [3.8, 4) is 0 Å². The Morgan fingerprint density at radius 3 is 2.13 bits per heavy atom. The Labute approximate surface area is 280 Å². The molecule has 2 aliphatic rings. The molecule has 2 fully saturated rings. The van der Waals surface area contributed by atoms with E-state index in [1.807, 2.05) is 18.2 Å². The van der Waals surface area contributed by atoms with Crippen LogP contribution in [-0.2, 0) is 21.2 Å². The second-order valence-corrected chi connectivity index (χ2v) is 14.6. The van der Waals surface area contributed by atoms with Crippen LogP contribution in [-0.4, -0.2) is 69.3 Å². The number of anilines is 1. The van der Waals surface area contributed by atoms with Crippen molar-refractivity contribution in [2.45, 2.75) is 43.4 Å². The van der Waals surface area contributed by atoms with E-state index in [1.54, 1.807) is 21.9 Å². The molecule has 2 aliphatic heterocycles. The van der Waals surface area contributed by atoms with E-state index in [0.717, 1.165) is 45.3 Å². The molecule has 2 N–H and O–H groups in total. The average Bonchev–Trinajstić information content (AvgIpc) is 3.05.